The van der Waals surface area contributed by atoms with Crippen LogP contribution in [0, 0.1) is 5.82 Å². The van der Waals surface area contributed by atoms with Gasteiger partial charge in [0.25, 0.3) is 5.91 Å². The van der Waals surface area contributed by atoms with E-state index in [1.54, 1.807) is 49.1 Å². The molecule has 0 aliphatic carbocycles. The zero-order valence-corrected chi connectivity index (χ0v) is 14.1. The van der Waals surface area contributed by atoms with Gasteiger partial charge in [0, 0.05) is 12.1 Å². The summed E-state index contributed by atoms with van der Waals surface area (Å²) in [6.45, 7) is 3.75. The molecule has 3 rings (SSSR count). The van der Waals surface area contributed by atoms with Crippen LogP contribution in [0.3, 0.4) is 0 Å². The molecule has 2 aromatic rings. The SMILES string of the molecule is CCC(=O)Nc1ccc2c(c1)N(Cc1ccc(F)cc1)C(=O)C(C)O2. The van der Waals surface area contributed by atoms with Gasteiger partial charge in [0.15, 0.2) is 6.10 Å². The molecule has 1 heterocycles. The fraction of sp³-hybridized carbons (Fsp3) is 0.263. The second-order valence-corrected chi connectivity index (χ2v) is 5.90. The predicted octanol–water partition coefficient (Wildman–Crippen LogP) is 3.49. The number of amides is 2. The first-order valence-electron chi connectivity index (χ1n) is 8.14. The van der Waals surface area contributed by atoms with Crippen LogP contribution in [0.4, 0.5) is 15.8 Å². The number of halogens is 1. The molecule has 1 N–H and O–H groups in total. The van der Waals surface area contributed by atoms with E-state index in [1.165, 1.54) is 12.1 Å². The number of carbonyl (C=O) groups excluding carboxylic acids is 2. The lowest BCUT2D eigenvalue weighted by atomic mass is 10.1. The molecule has 1 aliphatic heterocycles. The molecule has 0 aromatic heterocycles. The minimum Gasteiger partial charge on any atom is -0.479 e. The van der Waals surface area contributed by atoms with Crippen LogP contribution >= 0.6 is 0 Å². The maximum Gasteiger partial charge on any atom is 0.268 e. The summed E-state index contributed by atoms with van der Waals surface area (Å²) in [5, 5.41) is 2.78. The van der Waals surface area contributed by atoms with Crippen LogP contribution in [-0.2, 0) is 16.1 Å². The van der Waals surface area contributed by atoms with Crippen molar-refractivity contribution in [3.63, 3.8) is 0 Å². The van der Waals surface area contributed by atoms with E-state index in [4.69, 9.17) is 4.74 Å². The van der Waals surface area contributed by atoms with Gasteiger partial charge in [-0.15, -0.1) is 0 Å². The van der Waals surface area contributed by atoms with Crippen LogP contribution < -0.4 is 15.0 Å². The first kappa shape index (κ1) is 17.0. The van der Waals surface area contributed by atoms with Crippen LogP contribution in [-0.4, -0.2) is 17.9 Å². The number of hydrogen-bond donors (Lipinski definition) is 1. The van der Waals surface area contributed by atoms with Crippen molar-refractivity contribution in [1.29, 1.82) is 0 Å². The Labute approximate surface area is 145 Å². The number of nitrogens with zero attached hydrogens (tertiary/aromatic N) is 1. The summed E-state index contributed by atoms with van der Waals surface area (Å²) in [5.74, 6) is -0.0451. The fourth-order valence-corrected chi connectivity index (χ4v) is 2.67. The van der Waals surface area contributed by atoms with Crippen molar-refractivity contribution in [2.24, 2.45) is 0 Å². The van der Waals surface area contributed by atoms with Crippen molar-refractivity contribution in [2.45, 2.75) is 32.9 Å². The van der Waals surface area contributed by atoms with Crippen molar-refractivity contribution in [1.82, 2.24) is 0 Å². The highest BCUT2D eigenvalue weighted by atomic mass is 19.1. The minimum absolute atomic E-state index is 0.110. The van der Waals surface area contributed by atoms with Crippen LogP contribution in [0.2, 0.25) is 0 Å². The van der Waals surface area contributed by atoms with Crippen LogP contribution in [0.25, 0.3) is 0 Å². The molecule has 5 nitrogen and oxygen atoms in total. The van der Waals surface area contributed by atoms with Gasteiger partial charge in [0.2, 0.25) is 5.91 Å². The van der Waals surface area contributed by atoms with Gasteiger partial charge in [0.05, 0.1) is 12.2 Å². The molecule has 0 saturated heterocycles. The number of benzene rings is 2. The van der Waals surface area contributed by atoms with Crippen molar-refractivity contribution in [2.75, 3.05) is 10.2 Å². The van der Waals surface area contributed by atoms with Crippen molar-refractivity contribution < 1.29 is 18.7 Å². The van der Waals surface area contributed by atoms with Crippen molar-refractivity contribution >= 4 is 23.2 Å². The highest BCUT2D eigenvalue weighted by Crippen LogP contribution is 2.37. The predicted molar refractivity (Wildman–Crippen MR) is 93.0 cm³/mol. The van der Waals surface area contributed by atoms with Crippen LogP contribution in [0.5, 0.6) is 5.75 Å². The molecule has 0 bridgehead atoms. The number of hydrogen-bond acceptors (Lipinski definition) is 3. The topological polar surface area (TPSA) is 58.6 Å². The molecule has 2 aromatic carbocycles. The largest absolute Gasteiger partial charge is 0.479 e. The third-order valence-corrected chi connectivity index (χ3v) is 4.03. The normalized spacial score (nSPS) is 16.2. The molecule has 1 atom stereocenters. The maximum atomic E-state index is 13.1. The van der Waals surface area contributed by atoms with E-state index in [1.807, 2.05) is 0 Å². The number of carbonyl (C=O) groups is 2. The number of ether oxygens (including phenoxy) is 1. The number of nitrogens with one attached hydrogen (secondary N) is 1. The lowest BCUT2D eigenvalue weighted by Gasteiger charge is -2.33. The molecule has 2 amide bonds. The lowest BCUT2D eigenvalue weighted by Crippen LogP contribution is -2.44. The van der Waals surface area contributed by atoms with Gasteiger partial charge in [-0.1, -0.05) is 19.1 Å². The maximum absolute atomic E-state index is 13.1. The number of rotatable bonds is 4. The minimum atomic E-state index is -0.607. The van der Waals surface area contributed by atoms with Gasteiger partial charge < -0.3 is 15.0 Å². The first-order valence-corrected chi connectivity index (χ1v) is 8.14. The highest BCUT2D eigenvalue weighted by Gasteiger charge is 2.31. The summed E-state index contributed by atoms with van der Waals surface area (Å²) in [4.78, 5) is 25.8. The Bertz CT molecular complexity index is 805. The second-order valence-electron chi connectivity index (χ2n) is 5.90. The summed E-state index contributed by atoms with van der Waals surface area (Å²) in [6.07, 6.45) is -0.243. The smallest absolute Gasteiger partial charge is 0.268 e. The monoisotopic (exact) mass is 342 g/mol. The number of anilines is 2. The third kappa shape index (κ3) is 3.63. The quantitative estimate of drug-likeness (QED) is 0.925. The Kier molecular flexibility index (Phi) is 4.70. The van der Waals surface area contributed by atoms with Gasteiger partial charge in [-0.05, 0) is 42.8 Å². The molecule has 0 saturated carbocycles. The summed E-state index contributed by atoms with van der Waals surface area (Å²) in [7, 11) is 0. The molecule has 1 unspecified atom stereocenters. The Morgan fingerprint density at radius 2 is 1.96 bits per heavy atom. The first-order chi connectivity index (χ1) is 12.0. The van der Waals surface area contributed by atoms with Crippen molar-refractivity contribution in [3.8, 4) is 5.75 Å². The van der Waals surface area contributed by atoms with E-state index >= 15 is 0 Å². The van der Waals surface area contributed by atoms with Crippen LogP contribution in [0.1, 0.15) is 25.8 Å². The summed E-state index contributed by atoms with van der Waals surface area (Å²) < 4.78 is 18.8. The molecule has 130 valence electrons. The summed E-state index contributed by atoms with van der Waals surface area (Å²) >= 11 is 0. The zero-order chi connectivity index (χ0) is 18.0. The van der Waals surface area contributed by atoms with E-state index in [0.717, 1.165) is 5.56 Å². The molecule has 0 spiro atoms. The molecule has 6 heteroatoms. The molecular formula is C19H19FN2O3. The van der Waals surface area contributed by atoms with Gasteiger partial charge in [0.1, 0.15) is 11.6 Å². The van der Waals surface area contributed by atoms with Gasteiger partial charge in [-0.2, -0.15) is 0 Å². The van der Waals surface area contributed by atoms with Gasteiger partial charge in [-0.25, -0.2) is 4.39 Å². The van der Waals surface area contributed by atoms with E-state index in [9.17, 15) is 14.0 Å². The molecule has 0 radical (unpaired) electrons. The van der Waals surface area contributed by atoms with E-state index in [-0.39, 0.29) is 17.6 Å². The summed E-state index contributed by atoms with van der Waals surface area (Å²) in [6, 6.07) is 11.2. The average Bonchev–Trinajstić information content (AvgIpc) is 2.61. The third-order valence-electron chi connectivity index (χ3n) is 4.03. The second kappa shape index (κ2) is 6.93. The zero-order valence-electron chi connectivity index (χ0n) is 14.1. The van der Waals surface area contributed by atoms with E-state index in [2.05, 4.69) is 5.32 Å². The molecule has 0 fully saturated rings. The fourth-order valence-electron chi connectivity index (χ4n) is 2.67. The van der Waals surface area contributed by atoms with Gasteiger partial charge >= 0.3 is 0 Å². The van der Waals surface area contributed by atoms with Gasteiger partial charge in [-0.3, -0.25) is 9.59 Å². The lowest BCUT2D eigenvalue weighted by molar-refractivity contribution is -0.125. The van der Waals surface area contributed by atoms with E-state index in [0.29, 0.717) is 30.1 Å². The molecule has 1 aliphatic rings. The Hall–Kier alpha value is -2.89. The molecule has 25 heavy (non-hydrogen) atoms. The number of fused-ring (bicyclic) bond motifs is 1. The average molecular weight is 342 g/mol. The van der Waals surface area contributed by atoms with E-state index < -0.39 is 6.10 Å². The Balaban J connectivity index is 1.94. The summed E-state index contributed by atoms with van der Waals surface area (Å²) in [5.41, 5.74) is 1.99. The Morgan fingerprint density at radius 1 is 1.24 bits per heavy atom. The van der Waals surface area contributed by atoms with Crippen LogP contribution in [0.15, 0.2) is 42.5 Å². The standard InChI is InChI=1S/C19H19FN2O3/c1-3-18(23)21-15-8-9-17-16(10-15)22(19(24)12(2)25-17)11-13-4-6-14(20)7-5-13/h4-10,12H,3,11H2,1-2H3,(H,21,23). The highest BCUT2D eigenvalue weighted by molar-refractivity contribution is 6.01. The Morgan fingerprint density at radius 3 is 2.64 bits per heavy atom. The van der Waals surface area contributed by atoms with Crippen molar-refractivity contribution in [3.05, 3.63) is 53.8 Å². The molecular weight excluding hydrogens is 323 g/mol.